The lowest BCUT2D eigenvalue weighted by atomic mass is 9.83. The summed E-state index contributed by atoms with van der Waals surface area (Å²) in [6, 6.07) is 5.86. The molecule has 1 aromatic rings. The van der Waals surface area contributed by atoms with E-state index in [2.05, 4.69) is 26.8 Å². The molecule has 0 spiro atoms. The third kappa shape index (κ3) is 2.84. The quantitative estimate of drug-likeness (QED) is 0.713. The molecule has 0 unspecified atom stereocenters. The van der Waals surface area contributed by atoms with E-state index in [1.165, 1.54) is 0 Å². The summed E-state index contributed by atoms with van der Waals surface area (Å²) in [7, 11) is 0. The minimum absolute atomic E-state index is 0.0475. The number of esters is 1. The highest BCUT2D eigenvalue weighted by atomic mass is 16.5. The van der Waals surface area contributed by atoms with Crippen molar-refractivity contribution in [3.8, 4) is 0 Å². The normalized spacial score (nSPS) is 11.3. The second-order valence-electron chi connectivity index (χ2n) is 5.02. The molecular formula is C14H20O2. The first-order chi connectivity index (χ1) is 7.36. The molecule has 0 N–H and O–H groups in total. The third-order valence-corrected chi connectivity index (χ3v) is 2.48. The van der Waals surface area contributed by atoms with E-state index >= 15 is 0 Å². The topological polar surface area (TPSA) is 26.3 Å². The number of carbonyl (C=O) groups is 1. The molecule has 0 fully saturated rings. The summed E-state index contributed by atoms with van der Waals surface area (Å²) in [5.74, 6) is -0.229. The van der Waals surface area contributed by atoms with Crippen LogP contribution in [-0.4, -0.2) is 12.6 Å². The zero-order chi connectivity index (χ0) is 12.3. The van der Waals surface area contributed by atoms with Crippen LogP contribution in [0.1, 0.15) is 49.2 Å². The second-order valence-corrected chi connectivity index (χ2v) is 5.02. The van der Waals surface area contributed by atoms with Gasteiger partial charge in [-0.3, -0.25) is 0 Å². The van der Waals surface area contributed by atoms with Gasteiger partial charge in [0, 0.05) is 0 Å². The van der Waals surface area contributed by atoms with Crippen molar-refractivity contribution in [1.29, 1.82) is 0 Å². The van der Waals surface area contributed by atoms with Gasteiger partial charge in [-0.2, -0.15) is 0 Å². The van der Waals surface area contributed by atoms with Gasteiger partial charge in [0.15, 0.2) is 0 Å². The highest BCUT2D eigenvalue weighted by molar-refractivity contribution is 5.91. The van der Waals surface area contributed by atoms with Crippen molar-refractivity contribution in [3.05, 3.63) is 34.9 Å². The molecular weight excluding hydrogens is 200 g/mol. The number of benzene rings is 1. The molecule has 88 valence electrons. The Morgan fingerprint density at radius 2 is 1.94 bits per heavy atom. The standard InChI is InChI=1S/C14H20O2/c1-6-16-13(15)11-8-7-10(2)9-12(11)14(3,4)5/h7-9H,6H2,1-5H3. The zero-order valence-corrected chi connectivity index (χ0v) is 10.8. The molecule has 16 heavy (non-hydrogen) atoms. The van der Waals surface area contributed by atoms with E-state index in [-0.39, 0.29) is 11.4 Å². The van der Waals surface area contributed by atoms with Crippen molar-refractivity contribution in [2.45, 2.75) is 40.0 Å². The Morgan fingerprint density at radius 3 is 2.44 bits per heavy atom. The third-order valence-electron chi connectivity index (χ3n) is 2.48. The molecule has 0 amide bonds. The Bertz CT molecular complexity index is 386. The maximum Gasteiger partial charge on any atom is 0.338 e. The lowest BCUT2D eigenvalue weighted by Crippen LogP contribution is -2.18. The Hall–Kier alpha value is -1.31. The van der Waals surface area contributed by atoms with Gasteiger partial charge in [0.2, 0.25) is 0 Å². The molecule has 1 rings (SSSR count). The first-order valence-corrected chi connectivity index (χ1v) is 5.64. The molecule has 0 aliphatic rings. The van der Waals surface area contributed by atoms with Gasteiger partial charge in [0.05, 0.1) is 12.2 Å². The van der Waals surface area contributed by atoms with E-state index < -0.39 is 0 Å². The van der Waals surface area contributed by atoms with Crippen LogP contribution in [0.25, 0.3) is 0 Å². The van der Waals surface area contributed by atoms with Crippen LogP contribution in [0.15, 0.2) is 18.2 Å². The van der Waals surface area contributed by atoms with E-state index in [4.69, 9.17) is 4.74 Å². The number of aryl methyl sites for hydroxylation is 1. The van der Waals surface area contributed by atoms with Crippen LogP contribution >= 0.6 is 0 Å². The van der Waals surface area contributed by atoms with Crippen LogP contribution in [0.2, 0.25) is 0 Å². The number of ether oxygens (including phenoxy) is 1. The highest BCUT2D eigenvalue weighted by Gasteiger charge is 2.22. The summed E-state index contributed by atoms with van der Waals surface area (Å²) in [5, 5.41) is 0. The largest absolute Gasteiger partial charge is 0.462 e. The Balaban J connectivity index is 3.23. The molecule has 0 atom stereocenters. The minimum atomic E-state index is -0.229. The van der Waals surface area contributed by atoms with Gasteiger partial charge in [-0.25, -0.2) is 4.79 Å². The molecule has 0 bridgehead atoms. The molecule has 1 aromatic carbocycles. The smallest absolute Gasteiger partial charge is 0.338 e. The number of rotatable bonds is 2. The minimum Gasteiger partial charge on any atom is -0.462 e. The van der Waals surface area contributed by atoms with Crippen molar-refractivity contribution in [1.82, 2.24) is 0 Å². The van der Waals surface area contributed by atoms with E-state index in [1.807, 2.05) is 26.0 Å². The molecule has 0 aliphatic heterocycles. The first kappa shape index (κ1) is 12.8. The maximum atomic E-state index is 11.8. The van der Waals surface area contributed by atoms with Gasteiger partial charge in [-0.1, -0.05) is 38.5 Å². The van der Waals surface area contributed by atoms with Crippen LogP contribution in [0, 0.1) is 6.92 Å². The van der Waals surface area contributed by atoms with Crippen molar-refractivity contribution >= 4 is 5.97 Å². The predicted molar refractivity (Wildman–Crippen MR) is 65.8 cm³/mol. The predicted octanol–water partition coefficient (Wildman–Crippen LogP) is 3.47. The van der Waals surface area contributed by atoms with Gasteiger partial charge >= 0.3 is 5.97 Å². The van der Waals surface area contributed by atoms with E-state index in [0.717, 1.165) is 11.1 Å². The number of hydrogen-bond donors (Lipinski definition) is 0. The molecule has 0 heterocycles. The Labute approximate surface area is 97.6 Å². The average Bonchev–Trinajstić information content (AvgIpc) is 2.16. The Morgan fingerprint density at radius 1 is 1.31 bits per heavy atom. The summed E-state index contributed by atoms with van der Waals surface area (Å²) in [4.78, 5) is 11.8. The van der Waals surface area contributed by atoms with Gasteiger partial charge in [-0.15, -0.1) is 0 Å². The van der Waals surface area contributed by atoms with Crippen molar-refractivity contribution in [2.75, 3.05) is 6.61 Å². The fourth-order valence-electron chi connectivity index (χ4n) is 1.67. The van der Waals surface area contributed by atoms with Crippen molar-refractivity contribution < 1.29 is 9.53 Å². The maximum absolute atomic E-state index is 11.8. The molecule has 0 aliphatic carbocycles. The van der Waals surface area contributed by atoms with Gasteiger partial charge in [0.25, 0.3) is 0 Å². The summed E-state index contributed by atoms with van der Waals surface area (Å²) < 4.78 is 5.06. The van der Waals surface area contributed by atoms with E-state index in [1.54, 1.807) is 0 Å². The zero-order valence-electron chi connectivity index (χ0n) is 10.8. The highest BCUT2D eigenvalue weighted by Crippen LogP contribution is 2.27. The summed E-state index contributed by atoms with van der Waals surface area (Å²) in [6.45, 7) is 10.6. The SMILES string of the molecule is CCOC(=O)c1ccc(C)cc1C(C)(C)C. The van der Waals surface area contributed by atoms with E-state index in [0.29, 0.717) is 12.2 Å². The molecule has 2 nitrogen and oxygen atoms in total. The Kier molecular flexibility index (Phi) is 3.74. The number of carbonyl (C=O) groups excluding carboxylic acids is 1. The van der Waals surface area contributed by atoms with Crippen LogP contribution in [0.3, 0.4) is 0 Å². The summed E-state index contributed by atoms with van der Waals surface area (Å²) in [6.07, 6.45) is 0. The summed E-state index contributed by atoms with van der Waals surface area (Å²) in [5.41, 5.74) is 2.84. The van der Waals surface area contributed by atoms with Crippen molar-refractivity contribution in [2.24, 2.45) is 0 Å². The average molecular weight is 220 g/mol. The van der Waals surface area contributed by atoms with Crippen LogP contribution in [-0.2, 0) is 10.2 Å². The number of hydrogen-bond acceptors (Lipinski definition) is 2. The first-order valence-electron chi connectivity index (χ1n) is 5.64. The molecule has 0 radical (unpaired) electrons. The van der Waals surface area contributed by atoms with Gasteiger partial charge < -0.3 is 4.74 Å². The van der Waals surface area contributed by atoms with Gasteiger partial charge in [0.1, 0.15) is 0 Å². The van der Waals surface area contributed by atoms with Crippen LogP contribution in [0.5, 0.6) is 0 Å². The van der Waals surface area contributed by atoms with Crippen LogP contribution in [0.4, 0.5) is 0 Å². The van der Waals surface area contributed by atoms with Crippen molar-refractivity contribution in [3.63, 3.8) is 0 Å². The monoisotopic (exact) mass is 220 g/mol. The van der Waals surface area contributed by atoms with Crippen LogP contribution < -0.4 is 0 Å². The van der Waals surface area contributed by atoms with E-state index in [9.17, 15) is 4.79 Å². The lowest BCUT2D eigenvalue weighted by molar-refractivity contribution is 0.0523. The fourth-order valence-corrected chi connectivity index (χ4v) is 1.67. The molecule has 2 heteroatoms. The molecule has 0 aromatic heterocycles. The lowest BCUT2D eigenvalue weighted by Gasteiger charge is -2.22. The molecule has 0 saturated heterocycles. The second kappa shape index (κ2) is 4.69. The van der Waals surface area contributed by atoms with Gasteiger partial charge in [-0.05, 0) is 30.9 Å². The fraction of sp³-hybridized carbons (Fsp3) is 0.500. The summed E-state index contributed by atoms with van der Waals surface area (Å²) >= 11 is 0. The molecule has 0 saturated carbocycles.